The summed E-state index contributed by atoms with van der Waals surface area (Å²) in [6, 6.07) is 0. The van der Waals surface area contributed by atoms with Crippen molar-refractivity contribution >= 4 is 17.9 Å². The molecule has 0 aromatic carbocycles. The van der Waals surface area contributed by atoms with Crippen LogP contribution in [0.5, 0.6) is 0 Å². The van der Waals surface area contributed by atoms with Crippen LogP contribution in [0.4, 0.5) is 0 Å². The molecule has 6 nitrogen and oxygen atoms in total. The van der Waals surface area contributed by atoms with Crippen LogP contribution in [0.1, 0.15) is 361 Å². The third-order valence-electron chi connectivity index (χ3n) is 14.4. The molecule has 0 amide bonds. The summed E-state index contributed by atoms with van der Waals surface area (Å²) in [4.78, 5) is 38.2. The quantitative estimate of drug-likeness (QED) is 0.0343. The monoisotopic (exact) mass is 961 g/mol. The Morgan fingerprint density at radius 1 is 0.235 bits per heavy atom. The summed E-state index contributed by atoms with van der Waals surface area (Å²) >= 11 is 0. The van der Waals surface area contributed by atoms with Gasteiger partial charge in [-0.25, -0.2) is 0 Å². The highest BCUT2D eigenvalue weighted by Gasteiger charge is 2.19. The molecule has 0 fully saturated rings. The van der Waals surface area contributed by atoms with Crippen molar-refractivity contribution in [2.75, 3.05) is 13.2 Å². The molecular weight excluding hydrogens is 841 g/mol. The Bertz CT molecular complexity index is 1010. The summed E-state index contributed by atoms with van der Waals surface area (Å²) in [5.41, 5.74) is 0. The molecule has 0 rings (SSSR count). The molecule has 0 bridgehead atoms. The van der Waals surface area contributed by atoms with Crippen molar-refractivity contribution in [3.63, 3.8) is 0 Å². The van der Waals surface area contributed by atoms with Gasteiger partial charge in [-0.2, -0.15) is 0 Å². The van der Waals surface area contributed by atoms with Gasteiger partial charge < -0.3 is 14.2 Å². The van der Waals surface area contributed by atoms with Crippen LogP contribution < -0.4 is 0 Å². The zero-order chi connectivity index (χ0) is 49.3. The predicted molar refractivity (Wildman–Crippen MR) is 294 cm³/mol. The number of hydrogen-bond acceptors (Lipinski definition) is 6. The van der Waals surface area contributed by atoms with E-state index in [9.17, 15) is 14.4 Å². The number of rotatable bonds is 58. The standard InChI is InChI=1S/C62H120O6/c1-4-7-10-13-16-19-22-24-26-28-30-31-32-34-35-37-40-43-46-49-52-55-61(64)67-58-59(57-66-60(63)54-51-48-45-42-39-21-18-15-12-9-6-3)68-62(65)56-53-50-47-44-41-38-36-33-29-27-25-23-20-17-14-11-8-5-2/h59H,4-58H2,1-3H3. The zero-order valence-electron chi connectivity index (χ0n) is 46.4. The average molecular weight is 962 g/mol. The van der Waals surface area contributed by atoms with Gasteiger partial charge in [0.25, 0.3) is 0 Å². The molecule has 6 heteroatoms. The van der Waals surface area contributed by atoms with Gasteiger partial charge in [0.15, 0.2) is 6.10 Å². The van der Waals surface area contributed by atoms with Crippen LogP contribution >= 0.6 is 0 Å². The van der Waals surface area contributed by atoms with Gasteiger partial charge in [0.05, 0.1) is 0 Å². The van der Waals surface area contributed by atoms with E-state index >= 15 is 0 Å². The number of hydrogen-bond donors (Lipinski definition) is 0. The number of unbranched alkanes of at least 4 members (excludes halogenated alkanes) is 47. The average Bonchev–Trinajstić information content (AvgIpc) is 3.34. The summed E-state index contributed by atoms with van der Waals surface area (Å²) < 4.78 is 16.9. The first-order chi connectivity index (χ1) is 33.5. The normalized spacial score (nSPS) is 11.9. The van der Waals surface area contributed by atoms with Crippen LogP contribution in [0, 0.1) is 0 Å². The lowest BCUT2D eigenvalue weighted by molar-refractivity contribution is -0.167. The van der Waals surface area contributed by atoms with E-state index in [-0.39, 0.29) is 31.1 Å². The zero-order valence-corrected chi connectivity index (χ0v) is 46.4. The second-order valence-corrected chi connectivity index (χ2v) is 21.3. The van der Waals surface area contributed by atoms with E-state index in [4.69, 9.17) is 14.2 Å². The van der Waals surface area contributed by atoms with Crippen molar-refractivity contribution in [2.24, 2.45) is 0 Å². The van der Waals surface area contributed by atoms with Crippen molar-refractivity contribution in [3.8, 4) is 0 Å². The lowest BCUT2D eigenvalue weighted by Gasteiger charge is -2.18. The Morgan fingerprint density at radius 2 is 0.397 bits per heavy atom. The minimum atomic E-state index is -0.761. The molecule has 0 spiro atoms. The second kappa shape index (κ2) is 58.0. The van der Waals surface area contributed by atoms with Crippen molar-refractivity contribution < 1.29 is 28.6 Å². The topological polar surface area (TPSA) is 78.9 Å². The maximum Gasteiger partial charge on any atom is 0.306 e. The number of esters is 3. The Balaban J connectivity index is 4.21. The van der Waals surface area contributed by atoms with E-state index < -0.39 is 6.10 Å². The molecule has 1 unspecified atom stereocenters. The third-order valence-corrected chi connectivity index (χ3v) is 14.4. The summed E-state index contributed by atoms with van der Waals surface area (Å²) in [6.45, 7) is 6.71. The molecule has 1 atom stereocenters. The summed E-state index contributed by atoms with van der Waals surface area (Å²) in [5, 5.41) is 0. The first-order valence-corrected chi connectivity index (χ1v) is 31.0. The van der Waals surface area contributed by atoms with E-state index in [1.54, 1.807) is 0 Å². The smallest absolute Gasteiger partial charge is 0.306 e. The minimum Gasteiger partial charge on any atom is -0.462 e. The van der Waals surface area contributed by atoms with Gasteiger partial charge in [-0.05, 0) is 19.3 Å². The second-order valence-electron chi connectivity index (χ2n) is 21.3. The molecule has 0 aromatic heterocycles. The number of ether oxygens (including phenoxy) is 3. The fraction of sp³-hybridized carbons (Fsp3) is 0.952. The Morgan fingerprint density at radius 3 is 0.588 bits per heavy atom. The highest BCUT2D eigenvalue weighted by molar-refractivity contribution is 5.71. The predicted octanol–water partition coefficient (Wildman–Crippen LogP) is 20.7. The van der Waals surface area contributed by atoms with Crippen molar-refractivity contribution in [2.45, 2.75) is 367 Å². The van der Waals surface area contributed by atoms with Crippen molar-refractivity contribution in [1.82, 2.24) is 0 Å². The highest BCUT2D eigenvalue weighted by atomic mass is 16.6. The maximum atomic E-state index is 12.9. The van der Waals surface area contributed by atoms with Crippen LogP contribution in [-0.2, 0) is 28.6 Å². The summed E-state index contributed by atoms with van der Waals surface area (Å²) in [5.74, 6) is -0.829. The molecule has 68 heavy (non-hydrogen) atoms. The molecule has 0 aliphatic heterocycles. The van der Waals surface area contributed by atoms with Crippen LogP contribution in [0.3, 0.4) is 0 Å². The van der Waals surface area contributed by atoms with E-state index in [1.807, 2.05) is 0 Å². The molecule has 0 radical (unpaired) electrons. The first kappa shape index (κ1) is 66.4. The molecule has 0 aliphatic carbocycles. The van der Waals surface area contributed by atoms with Gasteiger partial charge in [-0.3, -0.25) is 14.4 Å². The molecular formula is C62H120O6. The van der Waals surface area contributed by atoms with Gasteiger partial charge in [0.1, 0.15) is 13.2 Å². The van der Waals surface area contributed by atoms with E-state index in [2.05, 4.69) is 20.8 Å². The van der Waals surface area contributed by atoms with Crippen LogP contribution in [0.25, 0.3) is 0 Å². The summed E-state index contributed by atoms with van der Waals surface area (Å²) in [6.07, 6.45) is 65.4. The fourth-order valence-corrected chi connectivity index (χ4v) is 9.68. The van der Waals surface area contributed by atoms with E-state index in [0.717, 1.165) is 57.8 Å². The highest BCUT2D eigenvalue weighted by Crippen LogP contribution is 2.18. The molecule has 0 heterocycles. The Hall–Kier alpha value is -1.59. The fourth-order valence-electron chi connectivity index (χ4n) is 9.68. The molecule has 0 saturated carbocycles. The van der Waals surface area contributed by atoms with Gasteiger partial charge in [-0.15, -0.1) is 0 Å². The molecule has 0 aromatic rings. The van der Waals surface area contributed by atoms with E-state index in [1.165, 1.54) is 263 Å². The lowest BCUT2D eigenvalue weighted by atomic mass is 10.0. The first-order valence-electron chi connectivity index (χ1n) is 31.0. The Labute approximate surface area is 425 Å². The van der Waals surface area contributed by atoms with Crippen LogP contribution in [-0.4, -0.2) is 37.2 Å². The van der Waals surface area contributed by atoms with Crippen molar-refractivity contribution in [3.05, 3.63) is 0 Å². The van der Waals surface area contributed by atoms with Crippen LogP contribution in [0.15, 0.2) is 0 Å². The molecule has 0 N–H and O–H groups in total. The third kappa shape index (κ3) is 55.3. The number of carbonyl (C=O) groups excluding carboxylic acids is 3. The van der Waals surface area contributed by atoms with Gasteiger partial charge in [-0.1, -0.05) is 323 Å². The largest absolute Gasteiger partial charge is 0.462 e. The Kier molecular flexibility index (Phi) is 56.6. The molecule has 0 aliphatic rings. The van der Waals surface area contributed by atoms with Gasteiger partial charge in [0, 0.05) is 19.3 Å². The summed E-state index contributed by atoms with van der Waals surface area (Å²) in [7, 11) is 0. The van der Waals surface area contributed by atoms with Gasteiger partial charge in [0.2, 0.25) is 0 Å². The SMILES string of the molecule is CCCCCCCCCCCCCCCCCCCCCCCC(=O)OCC(COC(=O)CCCCCCCCCCCCC)OC(=O)CCCCCCCCCCCCCCCCCCCC. The van der Waals surface area contributed by atoms with E-state index in [0.29, 0.717) is 19.3 Å². The molecule has 0 saturated heterocycles. The number of carbonyl (C=O) groups is 3. The van der Waals surface area contributed by atoms with Crippen molar-refractivity contribution in [1.29, 1.82) is 0 Å². The molecule has 404 valence electrons. The maximum absolute atomic E-state index is 12.9. The minimum absolute atomic E-state index is 0.0608. The lowest BCUT2D eigenvalue weighted by Crippen LogP contribution is -2.30. The van der Waals surface area contributed by atoms with Crippen LogP contribution in [0.2, 0.25) is 0 Å². The van der Waals surface area contributed by atoms with Gasteiger partial charge >= 0.3 is 17.9 Å².